The molecule has 0 spiro atoms. The summed E-state index contributed by atoms with van der Waals surface area (Å²) in [6.45, 7) is 11.7. The summed E-state index contributed by atoms with van der Waals surface area (Å²) in [4.78, 5) is 58.4. The third-order valence-corrected chi connectivity index (χ3v) is 14.5. The highest BCUT2D eigenvalue weighted by molar-refractivity contribution is 6.39. The van der Waals surface area contributed by atoms with Crippen molar-refractivity contribution in [1.82, 2.24) is 4.90 Å². The number of aliphatic hydroxyl groups excluding tert-OH is 1. The zero-order valence-corrected chi connectivity index (χ0v) is 40.7. The van der Waals surface area contributed by atoms with Crippen molar-refractivity contribution in [2.45, 2.75) is 167 Å². The number of fused-ring (bicyclic) bond motifs is 3. The molecule has 0 unspecified atom stereocenters. The number of esters is 1. The zero-order valence-electron chi connectivity index (χ0n) is 40.7. The Morgan fingerprint density at radius 2 is 1.58 bits per heavy atom. The van der Waals surface area contributed by atoms with Crippen LogP contribution in [0.2, 0.25) is 0 Å². The number of aromatic hydroxyl groups is 1. The molecule has 3 N–H and O–H groups in total. The maximum Gasteiger partial charge on any atom is 0.329 e. The second-order valence-electron chi connectivity index (χ2n) is 19.5. The van der Waals surface area contributed by atoms with Crippen molar-refractivity contribution in [3.8, 4) is 5.75 Å². The second kappa shape index (κ2) is 24.5. The number of ketones is 2. The summed E-state index contributed by atoms with van der Waals surface area (Å²) in [6, 6.07) is 5.77. The van der Waals surface area contributed by atoms with Gasteiger partial charge in [-0.2, -0.15) is 0 Å². The van der Waals surface area contributed by atoms with Gasteiger partial charge in [0.2, 0.25) is 5.79 Å². The van der Waals surface area contributed by atoms with Crippen LogP contribution >= 0.6 is 0 Å². The minimum absolute atomic E-state index is 0.0139. The number of carbonyl (C=O) groups is 4. The van der Waals surface area contributed by atoms with Gasteiger partial charge in [-0.15, -0.1) is 0 Å². The van der Waals surface area contributed by atoms with Crippen molar-refractivity contribution >= 4 is 29.5 Å². The van der Waals surface area contributed by atoms with Crippen LogP contribution in [0.5, 0.6) is 5.75 Å². The predicted molar refractivity (Wildman–Crippen MR) is 249 cm³/mol. The van der Waals surface area contributed by atoms with Crippen LogP contribution in [0.25, 0.3) is 6.08 Å². The molecule has 1 aliphatic carbocycles. The molecule has 3 aliphatic heterocycles. The highest BCUT2D eigenvalue weighted by atomic mass is 16.7. The fourth-order valence-corrected chi connectivity index (χ4v) is 10.5. The number of allylic oxidation sites excluding steroid dienone is 3. The maximum atomic E-state index is 14.5. The standard InChI is InChI=1S/C52H77NO13/c1-10-38-25-31(2)24-32(3)26-45(62-8)48-46(63-9)28-34(5)52(60,66-48)49(57)50(58)53-22-12-11-15-40(53)51(59)65-47(35(6)41(55)30-42(38)56)33(4)27-37-18-21-43(44(29-37)61-7)64-23-13-14-36-16-19-39(54)20-17-36/h13-14,16-17,19-20,25,27,32,34-35,37-38,40-41,43-48,54-55,60H,10-12,15,18,21-24,26,28-30H2,1-9H3/b14-13+,31-25+,33-27+/t32-,34+,35+,37-,38+,40-,41-,43+,44+,45-,46-,47+,48+,52+/m0/s1. The van der Waals surface area contributed by atoms with Crippen molar-refractivity contribution < 1.29 is 62.9 Å². The third kappa shape index (κ3) is 13.3. The van der Waals surface area contributed by atoms with E-state index in [9.17, 15) is 34.5 Å². The maximum absolute atomic E-state index is 14.5. The minimum Gasteiger partial charge on any atom is -0.508 e. The van der Waals surface area contributed by atoms with Crippen LogP contribution < -0.4 is 0 Å². The molecule has 14 heteroatoms. The molecule has 14 atom stereocenters. The van der Waals surface area contributed by atoms with Crippen LogP contribution in [-0.4, -0.2) is 133 Å². The van der Waals surface area contributed by atoms with E-state index in [0.29, 0.717) is 57.1 Å². The number of phenols is 1. The molecule has 0 radical (unpaired) electrons. The van der Waals surface area contributed by atoms with E-state index in [0.717, 1.165) is 17.6 Å². The van der Waals surface area contributed by atoms with Gasteiger partial charge in [0.15, 0.2) is 0 Å². The first-order valence-electron chi connectivity index (χ1n) is 24.1. The van der Waals surface area contributed by atoms with Gasteiger partial charge in [-0.1, -0.05) is 69.7 Å². The Morgan fingerprint density at radius 3 is 2.24 bits per heavy atom. The highest BCUT2D eigenvalue weighted by Gasteiger charge is 2.56. The molecular formula is C52H77NO13. The number of ether oxygens (including phenoxy) is 6. The Morgan fingerprint density at radius 1 is 0.894 bits per heavy atom. The van der Waals surface area contributed by atoms with Crippen molar-refractivity contribution in [3.05, 3.63) is 59.2 Å². The van der Waals surface area contributed by atoms with Gasteiger partial charge in [0, 0.05) is 52.0 Å². The van der Waals surface area contributed by atoms with Crippen molar-refractivity contribution in [1.29, 1.82) is 0 Å². The molecule has 2 bridgehead atoms. The summed E-state index contributed by atoms with van der Waals surface area (Å²) in [7, 11) is 4.73. The molecule has 2 saturated heterocycles. The molecule has 14 nitrogen and oxygen atoms in total. The number of rotatable bonds is 10. The van der Waals surface area contributed by atoms with Crippen LogP contribution in [0.4, 0.5) is 0 Å². The van der Waals surface area contributed by atoms with Gasteiger partial charge >= 0.3 is 5.97 Å². The quantitative estimate of drug-likeness (QED) is 0.125. The Kier molecular flexibility index (Phi) is 19.7. The average Bonchev–Trinajstić information content (AvgIpc) is 3.30. The van der Waals surface area contributed by atoms with Gasteiger partial charge in [-0.25, -0.2) is 4.79 Å². The first-order valence-corrected chi connectivity index (χ1v) is 24.1. The topological polar surface area (TPSA) is 188 Å². The van der Waals surface area contributed by atoms with Crippen molar-refractivity contribution in [2.24, 2.45) is 29.6 Å². The normalized spacial score (nSPS) is 37.1. The van der Waals surface area contributed by atoms with Gasteiger partial charge in [-0.05, 0) is 113 Å². The van der Waals surface area contributed by atoms with Gasteiger partial charge in [0.25, 0.3) is 11.7 Å². The molecule has 1 saturated carbocycles. The number of aliphatic hydroxyl groups is 2. The molecule has 368 valence electrons. The van der Waals surface area contributed by atoms with E-state index < -0.39 is 77.8 Å². The lowest BCUT2D eigenvalue weighted by Gasteiger charge is -2.47. The van der Waals surface area contributed by atoms with Gasteiger partial charge in [0.1, 0.15) is 29.8 Å². The van der Waals surface area contributed by atoms with Crippen LogP contribution in [0.15, 0.2) is 53.6 Å². The van der Waals surface area contributed by atoms with Crippen molar-refractivity contribution in [3.63, 3.8) is 0 Å². The van der Waals surface area contributed by atoms with Gasteiger partial charge in [-0.3, -0.25) is 14.4 Å². The number of piperidine rings is 1. The summed E-state index contributed by atoms with van der Waals surface area (Å²) >= 11 is 0. The van der Waals surface area contributed by atoms with E-state index in [1.165, 1.54) is 19.1 Å². The Balaban J connectivity index is 1.44. The van der Waals surface area contributed by atoms with Gasteiger partial charge in [0.05, 0.1) is 37.1 Å². The minimum atomic E-state index is -2.51. The average molecular weight is 924 g/mol. The van der Waals surface area contributed by atoms with Crippen LogP contribution in [0.1, 0.15) is 118 Å². The third-order valence-electron chi connectivity index (χ3n) is 14.5. The van der Waals surface area contributed by atoms with Gasteiger partial charge < -0.3 is 48.6 Å². The fraction of sp³-hybridized carbons (Fsp3) is 0.692. The molecule has 4 aliphatic rings. The largest absolute Gasteiger partial charge is 0.508 e. The van der Waals surface area contributed by atoms with Crippen LogP contribution in [0, 0.1) is 29.6 Å². The Hall–Kier alpha value is -3.76. The summed E-state index contributed by atoms with van der Waals surface area (Å²) in [5.41, 5.74) is 2.62. The predicted octanol–water partition coefficient (Wildman–Crippen LogP) is 6.92. The Bertz CT molecular complexity index is 1880. The molecule has 1 aromatic rings. The first kappa shape index (κ1) is 53.2. The Labute approximate surface area is 392 Å². The van der Waals surface area contributed by atoms with E-state index in [1.807, 2.05) is 51.1 Å². The molecule has 1 amide bonds. The molecule has 0 aromatic heterocycles. The molecule has 1 aromatic carbocycles. The lowest BCUT2D eigenvalue weighted by molar-refractivity contribution is -0.302. The lowest BCUT2D eigenvalue weighted by Crippen LogP contribution is -2.64. The summed E-state index contributed by atoms with van der Waals surface area (Å²) in [5, 5.41) is 33.5. The second-order valence-corrected chi connectivity index (χ2v) is 19.5. The van der Waals surface area contributed by atoms with E-state index in [2.05, 4.69) is 13.0 Å². The SMILES string of the molecule is CC[C@@H]1/C=C(\C)C[C@H](C)C[C@H](OC)[C@H]2O[C@@](O)(C(=O)C(=O)N3CCCC[C@H]3C(=O)O[C@H](/C(C)=C/[C@@H]3CC[C@@H](OC/C=C/c4ccc(O)cc4)[C@H](OC)C3)[C@H](C)[C@@H](O)CC1=O)[C@H](C)C[C@@H]2OC. The molecular weight excluding hydrogens is 847 g/mol. The molecule has 66 heavy (non-hydrogen) atoms. The highest BCUT2D eigenvalue weighted by Crippen LogP contribution is 2.39. The van der Waals surface area contributed by atoms with Crippen LogP contribution in [-0.2, 0) is 47.6 Å². The molecule has 3 heterocycles. The molecule has 5 rings (SSSR count). The number of nitrogens with zero attached hydrogens (tertiary/aromatic N) is 1. The number of amides is 1. The number of phenolic OH excluding ortho intramolecular Hbond substituents is 1. The summed E-state index contributed by atoms with van der Waals surface area (Å²) < 4.78 is 36.6. The fourth-order valence-electron chi connectivity index (χ4n) is 10.5. The monoisotopic (exact) mass is 924 g/mol. The number of methoxy groups -OCH3 is 3. The number of hydrogen-bond acceptors (Lipinski definition) is 13. The molecule has 3 fully saturated rings. The van der Waals surface area contributed by atoms with Crippen LogP contribution in [0.3, 0.4) is 0 Å². The van der Waals surface area contributed by atoms with E-state index >= 15 is 0 Å². The first-order chi connectivity index (χ1) is 31.4. The number of Topliss-reactive ketones (excluding diaryl/α,β-unsaturated/α-hetero) is 2. The van der Waals surface area contributed by atoms with E-state index in [4.69, 9.17) is 28.4 Å². The summed E-state index contributed by atoms with van der Waals surface area (Å²) in [5.74, 6) is -7.33. The zero-order chi connectivity index (χ0) is 48.3. The number of hydrogen-bond donors (Lipinski definition) is 3. The smallest absolute Gasteiger partial charge is 0.329 e. The van der Waals surface area contributed by atoms with Crippen molar-refractivity contribution in [2.75, 3.05) is 34.5 Å². The van der Waals surface area contributed by atoms with E-state index in [-0.39, 0.29) is 61.4 Å². The summed E-state index contributed by atoms with van der Waals surface area (Å²) in [6.07, 6.45) is 8.44. The lowest BCUT2D eigenvalue weighted by atomic mass is 9.81. The number of carbonyl (C=O) groups excluding carboxylic acids is 4. The van der Waals surface area contributed by atoms with E-state index in [1.54, 1.807) is 33.1 Å². The number of cyclic esters (lactones) is 1. The number of benzene rings is 1.